The molecule has 0 aromatic carbocycles. The monoisotopic (exact) mass is 308 g/mol. The Balaban J connectivity index is 1.90. The van der Waals surface area contributed by atoms with Gasteiger partial charge in [-0.2, -0.15) is 0 Å². The fraction of sp³-hybridized carbons (Fsp3) is 0.824. The molecule has 22 heavy (non-hydrogen) atoms. The minimum atomic E-state index is -0.627. The molecule has 1 aliphatic carbocycles. The van der Waals surface area contributed by atoms with E-state index in [1.165, 1.54) is 12.8 Å². The zero-order chi connectivity index (χ0) is 16.3. The van der Waals surface area contributed by atoms with Gasteiger partial charge in [-0.05, 0) is 38.0 Å². The number of nitrogens with one attached hydrogen (secondary N) is 1. The summed E-state index contributed by atoms with van der Waals surface area (Å²) < 4.78 is 0. The number of likely N-dealkylation sites (tertiary alicyclic amines) is 1. The predicted molar refractivity (Wildman–Crippen MR) is 84.1 cm³/mol. The number of Topliss-reactive ketones (excluding diaryl/α,β-unsaturated/α-hetero) is 1. The number of hydrogen-bond donors (Lipinski definition) is 1. The van der Waals surface area contributed by atoms with E-state index in [0.717, 1.165) is 19.4 Å². The summed E-state index contributed by atoms with van der Waals surface area (Å²) in [7, 11) is 0. The van der Waals surface area contributed by atoms with Crippen LogP contribution in [0.3, 0.4) is 0 Å². The second-order valence-corrected chi connectivity index (χ2v) is 7.35. The van der Waals surface area contributed by atoms with E-state index in [1.807, 2.05) is 6.92 Å². The van der Waals surface area contributed by atoms with Crippen molar-refractivity contribution in [2.45, 2.75) is 52.9 Å². The first-order chi connectivity index (χ1) is 10.3. The molecule has 1 N–H and O–H groups in total. The van der Waals surface area contributed by atoms with E-state index in [2.05, 4.69) is 5.32 Å². The Kier molecular flexibility index (Phi) is 5.24. The number of hydrogen-bond acceptors (Lipinski definition) is 3. The van der Waals surface area contributed by atoms with Crippen molar-refractivity contribution in [2.24, 2.45) is 17.3 Å². The Morgan fingerprint density at radius 2 is 1.86 bits per heavy atom. The molecule has 0 radical (unpaired) electrons. The van der Waals surface area contributed by atoms with Gasteiger partial charge in [0.05, 0.1) is 5.92 Å². The minimum Gasteiger partial charge on any atom is -0.356 e. The van der Waals surface area contributed by atoms with Gasteiger partial charge in [0.25, 0.3) is 5.91 Å². The van der Waals surface area contributed by atoms with Crippen molar-refractivity contribution in [2.75, 3.05) is 19.6 Å². The molecule has 0 aromatic rings. The van der Waals surface area contributed by atoms with Gasteiger partial charge in [-0.3, -0.25) is 14.4 Å². The summed E-state index contributed by atoms with van der Waals surface area (Å²) in [6, 6.07) is 0. The van der Waals surface area contributed by atoms with Crippen molar-refractivity contribution in [3.63, 3.8) is 0 Å². The van der Waals surface area contributed by atoms with Crippen molar-refractivity contribution in [3.8, 4) is 0 Å². The number of rotatable bonds is 6. The zero-order valence-corrected chi connectivity index (χ0v) is 14.0. The van der Waals surface area contributed by atoms with Gasteiger partial charge in [0, 0.05) is 25.0 Å². The van der Waals surface area contributed by atoms with Crippen LogP contribution in [0, 0.1) is 17.3 Å². The van der Waals surface area contributed by atoms with Crippen LogP contribution in [0.5, 0.6) is 0 Å². The molecule has 1 saturated carbocycles. The zero-order valence-electron chi connectivity index (χ0n) is 14.0. The number of carbonyl (C=O) groups is 3. The van der Waals surface area contributed by atoms with Gasteiger partial charge < -0.3 is 10.2 Å². The van der Waals surface area contributed by atoms with Crippen LogP contribution >= 0.6 is 0 Å². The third kappa shape index (κ3) is 4.08. The highest BCUT2D eigenvalue weighted by Gasteiger charge is 2.37. The SMILES string of the molecule is CCC(C)(C)C(=O)C(=O)N1CCCC(C(=O)NCC2CC2)C1. The molecule has 5 nitrogen and oxygen atoms in total. The fourth-order valence-electron chi connectivity index (χ4n) is 2.68. The molecule has 1 saturated heterocycles. The second kappa shape index (κ2) is 6.80. The van der Waals surface area contributed by atoms with E-state index >= 15 is 0 Å². The van der Waals surface area contributed by atoms with Gasteiger partial charge in [-0.25, -0.2) is 0 Å². The Hall–Kier alpha value is -1.39. The summed E-state index contributed by atoms with van der Waals surface area (Å²) in [4.78, 5) is 38.5. The smallest absolute Gasteiger partial charge is 0.290 e. The molecular formula is C17H28N2O3. The van der Waals surface area contributed by atoms with Gasteiger partial charge in [-0.15, -0.1) is 0 Å². The van der Waals surface area contributed by atoms with Gasteiger partial charge in [0.2, 0.25) is 11.7 Å². The molecule has 1 atom stereocenters. The lowest BCUT2D eigenvalue weighted by Gasteiger charge is -2.33. The molecule has 5 heteroatoms. The van der Waals surface area contributed by atoms with Crippen LogP contribution in [0.15, 0.2) is 0 Å². The van der Waals surface area contributed by atoms with Crippen LogP contribution in [-0.2, 0) is 14.4 Å². The van der Waals surface area contributed by atoms with E-state index in [0.29, 0.717) is 25.4 Å². The van der Waals surface area contributed by atoms with Gasteiger partial charge in [0.1, 0.15) is 0 Å². The predicted octanol–water partition coefficient (Wildman–Crippen LogP) is 1.76. The van der Waals surface area contributed by atoms with Crippen molar-refractivity contribution >= 4 is 17.6 Å². The summed E-state index contributed by atoms with van der Waals surface area (Å²) in [5, 5.41) is 2.98. The summed E-state index contributed by atoms with van der Waals surface area (Å²) in [6.45, 7) is 7.23. The Morgan fingerprint density at radius 3 is 2.45 bits per heavy atom. The fourth-order valence-corrected chi connectivity index (χ4v) is 2.68. The third-order valence-corrected chi connectivity index (χ3v) is 5.03. The van der Waals surface area contributed by atoms with Gasteiger partial charge in [0.15, 0.2) is 0 Å². The Labute approximate surface area is 132 Å². The highest BCUT2D eigenvalue weighted by Crippen LogP contribution is 2.28. The topological polar surface area (TPSA) is 66.5 Å². The van der Waals surface area contributed by atoms with E-state index in [9.17, 15) is 14.4 Å². The molecule has 1 unspecified atom stereocenters. The van der Waals surface area contributed by atoms with Crippen LogP contribution in [-0.4, -0.2) is 42.1 Å². The van der Waals surface area contributed by atoms with Crippen LogP contribution in [0.2, 0.25) is 0 Å². The molecule has 1 heterocycles. The van der Waals surface area contributed by atoms with Crippen LogP contribution in [0.1, 0.15) is 52.9 Å². The second-order valence-electron chi connectivity index (χ2n) is 7.35. The Morgan fingerprint density at radius 1 is 1.18 bits per heavy atom. The molecule has 124 valence electrons. The van der Waals surface area contributed by atoms with Crippen LogP contribution in [0.25, 0.3) is 0 Å². The summed E-state index contributed by atoms with van der Waals surface area (Å²) in [5.74, 6) is -0.252. The maximum absolute atomic E-state index is 12.4. The summed E-state index contributed by atoms with van der Waals surface area (Å²) >= 11 is 0. The standard InChI is InChI=1S/C17H28N2O3/c1-4-17(2,3)14(20)16(22)19-9-5-6-13(11-19)15(21)18-10-12-7-8-12/h12-13H,4-11H2,1-3H3,(H,18,21). The van der Waals surface area contributed by atoms with Crippen molar-refractivity contribution in [1.29, 1.82) is 0 Å². The molecule has 2 fully saturated rings. The first-order valence-electron chi connectivity index (χ1n) is 8.46. The average molecular weight is 308 g/mol. The quantitative estimate of drug-likeness (QED) is 0.760. The van der Waals surface area contributed by atoms with Crippen molar-refractivity contribution < 1.29 is 14.4 Å². The maximum atomic E-state index is 12.4. The van der Waals surface area contributed by atoms with E-state index in [4.69, 9.17) is 0 Å². The number of amides is 2. The number of ketones is 1. The molecule has 0 spiro atoms. The lowest BCUT2D eigenvalue weighted by atomic mass is 9.84. The average Bonchev–Trinajstić information content (AvgIpc) is 3.35. The maximum Gasteiger partial charge on any atom is 0.290 e. The van der Waals surface area contributed by atoms with E-state index in [-0.39, 0.29) is 17.6 Å². The molecule has 2 aliphatic rings. The normalized spacial score (nSPS) is 22.3. The molecule has 2 rings (SSSR count). The number of piperidine rings is 1. The van der Waals surface area contributed by atoms with Crippen LogP contribution < -0.4 is 5.32 Å². The van der Waals surface area contributed by atoms with Crippen molar-refractivity contribution in [1.82, 2.24) is 10.2 Å². The molecule has 0 aromatic heterocycles. The highest BCUT2D eigenvalue weighted by atomic mass is 16.2. The summed E-state index contributed by atoms with van der Waals surface area (Å²) in [6.07, 6.45) is 4.63. The molecule has 1 aliphatic heterocycles. The largest absolute Gasteiger partial charge is 0.356 e. The minimum absolute atomic E-state index is 0.0339. The van der Waals surface area contributed by atoms with E-state index in [1.54, 1.807) is 18.7 Å². The van der Waals surface area contributed by atoms with Gasteiger partial charge >= 0.3 is 0 Å². The molecule has 2 amide bonds. The lowest BCUT2D eigenvalue weighted by molar-refractivity contribution is -0.151. The molecular weight excluding hydrogens is 280 g/mol. The molecule has 0 bridgehead atoms. The first-order valence-corrected chi connectivity index (χ1v) is 8.46. The number of carbonyl (C=O) groups excluding carboxylic acids is 3. The summed E-state index contributed by atoms with van der Waals surface area (Å²) in [5.41, 5.74) is -0.627. The lowest BCUT2D eigenvalue weighted by Crippen LogP contribution is -2.50. The Bertz CT molecular complexity index is 455. The van der Waals surface area contributed by atoms with E-state index < -0.39 is 11.3 Å². The highest BCUT2D eigenvalue weighted by molar-refractivity contribution is 6.37. The van der Waals surface area contributed by atoms with Crippen molar-refractivity contribution in [3.05, 3.63) is 0 Å². The number of nitrogens with zero attached hydrogens (tertiary/aromatic N) is 1. The van der Waals surface area contributed by atoms with Crippen LogP contribution in [0.4, 0.5) is 0 Å². The third-order valence-electron chi connectivity index (χ3n) is 5.03. The first kappa shape index (κ1) is 17.0. The van der Waals surface area contributed by atoms with Gasteiger partial charge in [-0.1, -0.05) is 20.8 Å².